The van der Waals surface area contributed by atoms with Crippen molar-refractivity contribution < 1.29 is 19.4 Å². The maximum Gasteiger partial charge on any atom is 0.320 e. The molecule has 0 saturated carbocycles. The molecule has 26 heavy (non-hydrogen) atoms. The van der Waals surface area contributed by atoms with Crippen molar-refractivity contribution in [2.45, 2.75) is 31.8 Å². The molecule has 0 aromatic heterocycles. The molecule has 0 amide bonds. The van der Waals surface area contributed by atoms with Crippen molar-refractivity contribution in [1.29, 1.82) is 0 Å². The van der Waals surface area contributed by atoms with E-state index in [0.717, 1.165) is 11.1 Å². The SMILES string of the molecule is CCOC(=O)CC(N)c1ccccc1.N[C@@H](Cc1ccccc1)C(=O)O. The van der Waals surface area contributed by atoms with Gasteiger partial charge in [-0.15, -0.1) is 0 Å². The minimum absolute atomic E-state index is 0.234. The van der Waals surface area contributed by atoms with Gasteiger partial charge in [0.25, 0.3) is 0 Å². The van der Waals surface area contributed by atoms with E-state index in [0.29, 0.717) is 13.0 Å². The van der Waals surface area contributed by atoms with Gasteiger partial charge < -0.3 is 21.3 Å². The van der Waals surface area contributed by atoms with Crippen LogP contribution in [0.1, 0.15) is 30.5 Å². The number of hydrogen-bond acceptors (Lipinski definition) is 5. The molecule has 0 bridgehead atoms. The van der Waals surface area contributed by atoms with Crippen LogP contribution < -0.4 is 11.5 Å². The molecule has 6 heteroatoms. The third-order valence-corrected chi connectivity index (χ3v) is 3.54. The van der Waals surface area contributed by atoms with E-state index in [2.05, 4.69) is 0 Å². The largest absolute Gasteiger partial charge is 0.480 e. The minimum Gasteiger partial charge on any atom is -0.480 e. The quantitative estimate of drug-likeness (QED) is 0.654. The number of esters is 1. The zero-order valence-electron chi connectivity index (χ0n) is 14.9. The summed E-state index contributed by atoms with van der Waals surface area (Å²) < 4.78 is 4.82. The zero-order valence-corrected chi connectivity index (χ0v) is 14.9. The Bertz CT molecular complexity index is 662. The van der Waals surface area contributed by atoms with Gasteiger partial charge in [0.15, 0.2) is 0 Å². The Labute approximate surface area is 153 Å². The number of benzene rings is 2. The molecule has 140 valence electrons. The summed E-state index contributed by atoms with van der Waals surface area (Å²) in [7, 11) is 0. The van der Waals surface area contributed by atoms with Crippen LogP contribution in [0.2, 0.25) is 0 Å². The van der Waals surface area contributed by atoms with Crippen LogP contribution in [0.3, 0.4) is 0 Å². The third kappa shape index (κ3) is 8.41. The molecule has 0 fully saturated rings. The maximum atomic E-state index is 11.1. The van der Waals surface area contributed by atoms with Crippen molar-refractivity contribution in [1.82, 2.24) is 0 Å². The number of carbonyl (C=O) groups is 2. The summed E-state index contributed by atoms with van der Waals surface area (Å²) in [4.78, 5) is 21.5. The fourth-order valence-corrected chi connectivity index (χ4v) is 2.17. The first-order valence-electron chi connectivity index (χ1n) is 8.42. The Hall–Kier alpha value is -2.70. The highest BCUT2D eigenvalue weighted by atomic mass is 16.5. The van der Waals surface area contributed by atoms with Gasteiger partial charge in [0, 0.05) is 6.04 Å². The van der Waals surface area contributed by atoms with Gasteiger partial charge in [-0.1, -0.05) is 60.7 Å². The van der Waals surface area contributed by atoms with Crippen molar-refractivity contribution >= 4 is 11.9 Å². The number of hydrogen-bond donors (Lipinski definition) is 3. The highest BCUT2D eigenvalue weighted by molar-refractivity contribution is 5.73. The van der Waals surface area contributed by atoms with E-state index >= 15 is 0 Å². The molecule has 0 aliphatic carbocycles. The number of ether oxygens (including phenoxy) is 1. The lowest BCUT2D eigenvalue weighted by molar-refractivity contribution is -0.143. The lowest BCUT2D eigenvalue weighted by Gasteiger charge is -2.10. The second kappa shape index (κ2) is 11.8. The zero-order chi connectivity index (χ0) is 19.4. The molecular formula is C20H26N2O4. The highest BCUT2D eigenvalue weighted by Gasteiger charge is 2.12. The second-order valence-corrected chi connectivity index (χ2v) is 5.66. The van der Waals surface area contributed by atoms with E-state index in [-0.39, 0.29) is 18.4 Å². The molecule has 0 heterocycles. The molecule has 0 spiro atoms. The molecule has 6 nitrogen and oxygen atoms in total. The van der Waals surface area contributed by atoms with E-state index in [4.69, 9.17) is 21.3 Å². The van der Waals surface area contributed by atoms with Gasteiger partial charge in [-0.25, -0.2) is 0 Å². The Balaban J connectivity index is 0.000000263. The predicted molar refractivity (Wildman–Crippen MR) is 100 cm³/mol. The number of carboxylic acid groups (broad SMARTS) is 1. The molecule has 5 N–H and O–H groups in total. The van der Waals surface area contributed by atoms with Crippen LogP contribution in [-0.4, -0.2) is 29.7 Å². The Morgan fingerprint density at radius 3 is 2.04 bits per heavy atom. The fourth-order valence-electron chi connectivity index (χ4n) is 2.17. The monoisotopic (exact) mass is 358 g/mol. The standard InChI is InChI=1S/C11H15NO2.C9H11NO2/c1-2-14-11(13)8-10(12)9-6-4-3-5-7-9;10-8(9(11)12)6-7-4-2-1-3-5-7/h3-7,10H,2,8,12H2,1H3;1-5,8H,6,10H2,(H,11,12)/t;8-/m.0/s1. The van der Waals surface area contributed by atoms with Crippen molar-refractivity contribution in [2.24, 2.45) is 11.5 Å². The van der Waals surface area contributed by atoms with E-state index in [1.807, 2.05) is 60.7 Å². The normalized spacial score (nSPS) is 12.3. The van der Waals surface area contributed by atoms with E-state index in [1.165, 1.54) is 0 Å². The van der Waals surface area contributed by atoms with Crippen molar-refractivity contribution in [3.05, 3.63) is 71.8 Å². The van der Waals surface area contributed by atoms with Gasteiger partial charge in [-0.3, -0.25) is 9.59 Å². The lowest BCUT2D eigenvalue weighted by atomic mass is 10.1. The summed E-state index contributed by atoms with van der Waals surface area (Å²) in [6.45, 7) is 2.19. The van der Waals surface area contributed by atoms with E-state index in [9.17, 15) is 9.59 Å². The highest BCUT2D eigenvalue weighted by Crippen LogP contribution is 2.13. The van der Waals surface area contributed by atoms with Gasteiger partial charge in [-0.2, -0.15) is 0 Å². The topological polar surface area (TPSA) is 116 Å². The van der Waals surface area contributed by atoms with Gasteiger partial charge in [0.2, 0.25) is 0 Å². The smallest absolute Gasteiger partial charge is 0.320 e. The Morgan fingerprint density at radius 1 is 1.00 bits per heavy atom. The third-order valence-electron chi connectivity index (χ3n) is 3.54. The molecule has 0 aliphatic rings. The molecule has 0 radical (unpaired) electrons. The van der Waals surface area contributed by atoms with Crippen LogP contribution in [0.25, 0.3) is 0 Å². The van der Waals surface area contributed by atoms with Crippen molar-refractivity contribution in [3.8, 4) is 0 Å². The first-order valence-corrected chi connectivity index (χ1v) is 8.42. The van der Waals surface area contributed by atoms with Crippen LogP contribution in [0.15, 0.2) is 60.7 Å². The van der Waals surface area contributed by atoms with Crippen LogP contribution in [-0.2, 0) is 20.7 Å². The summed E-state index contributed by atoms with van der Waals surface area (Å²) in [6, 6.07) is 17.8. The maximum absolute atomic E-state index is 11.1. The van der Waals surface area contributed by atoms with Gasteiger partial charge >= 0.3 is 11.9 Å². The fraction of sp³-hybridized carbons (Fsp3) is 0.300. The van der Waals surface area contributed by atoms with Crippen molar-refractivity contribution in [3.63, 3.8) is 0 Å². The van der Waals surface area contributed by atoms with Gasteiger partial charge in [0.1, 0.15) is 6.04 Å². The van der Waals surface area contributed by atoms with E-state index < -0.39 is 12.0 Å². The first kappa shape index (κ1) is 21.3. The molecule has 2 atom stereocenters. The molecule has 2 aromatic carbocycles. The molecular weight excluding hydrogens is 332 g/mol. The number of aliphatic carboxylic acids is 1. The Kier molecular flexibility index (Phi) is 9.67. The Morgan fingerprint density at radius 2 is 1.54 bits per heavy atom. The minimum atomic E-state index is -0.959. The summed E-state index contributed by atoms with van der Waals surface area (Å²) >= 11 is 0. The molecule has 0 aliphatic heterocycles. The number of carbonyl (C=O) groups excluding carboxylic acids is 1. The average molecular weight is 358 g/mol. The van der Waals surface area contributed by atoms with Crippen LogP contribution in [0, 0.1) is 0 Å². The van der Waals surface area contributed by atoms with Crippen molar-refractivity contribution in [2.75, 3.05) is 6.61 Å². The van der Waals surface area contributed by atoms with Crippen LogP contribution >= 0.6 is 0 Å². The average Bonchev–Trinajstić information content (AvgIpc) is 2.64. The molecule has 1 unspecified atom stereocenters. The number of nitrogens with two attached hydrogens (primary N) is 2. The predicted octanol–water partition coefficient (Wildman–Crippen LogP) is 2.28. The number of carboxylic acids is 1. The lowest BCUT2D eigenvalue weighted by Crippen LogP contribution is -2.32. The summed E-state index contributed by atoms with van der Waals surface area (Å²) in [5, 5.41) is 8.52. The number of rotatable bonds is 7. The first-order chi connectivity index (χ1) is 12.4. The molecule has 2 aromatic rings. The second-order valence-electron chi connectivity index (χ2n) is 5.66. The molecule has 2 rings (SSSR count). The van der Waals surface area contributed by atoms with Gasteiger partial charge in [-0.05, 0) is 24.5 Å². The summed E-state index contributed by atoms with van der Waals surface area (Å²) in [5.74, 6) is -1.21. The van der Waals surface area contributed by atoms with Crippen LogP contribution in [0.4, 0.5) is 0 Å². The van der Waals surface area contributed by atoms with E-state index in [1.54, 1.807) is 6.92 Å². The summed E-state index contributed by atoms with van der Waals surface area (Å²) in [5.41, 5.74) is 13.1. The van der Waals surface area contributed by atoms with Crippen LogP contribution in [0.5, 0.6) is 0 Å². The summed E-state index contributed by atoms with van der Waals surface area (Å²) in [6.07, 6.45) is 0.619. The molecule has 0 saturated heterocycles. The van der Waals surface area contributed by atoms with Gasteiger partial charge in [0.05, 0.1) is 13.0 Å².